The van der Waals surface area contributed by atoms with E-state index in [0.29, 0.717) is 29.0 Å². The van der Waals surface area contributed by atoms with Crippen LogP contribution in [0.3, 0.4) is 0 Å². The number of pyridine rings is 1. The van der Waals surface area contributed by atoms with Crippen molar-refractivity contribution in [1.82, 2.24) is 24.7 Å². The number of aryl methyl sites for hydroxylation is 1. The van der Waals surface area contributed by atoms with Gasteiger partial charge < -0.3 is 14.0 Å². The summed E-state index contributed by atoms with van der Waals surface area (Å²) in [7, 11) is 0. The molecule has 4 aromatic heterocycles. The van der Waals surface area contributed by atoms with Gasteiger partial charge in [0, 0.05) is 29.1 Å². The second-order valence-corrected chi connectivity index (χ2v) is 6.13. The van der Waals surface area contributed by atoms with Crippen molar-refractivity contribution in [3.8, 4) is 23.3 Å². The molecule has 0 fully saturated rings. The number of hydrogen-bond acceptors (Lipinski definition) is 7. The molecule has 5 rings (SSSR count). The zero-order chi connectivity index (χ0) is 18.9. The standard InChI is InChI=1S/C20H15N5O3/c1-13-10-16(24-28-13)19-22-11-17-14-6-2-3-7-15(14)20(23-25(17)19)27-12-26-18-8-4-5-9-21-18/h2-11H,12H2,1H3. The van der Waals surface area contributed by atoms with Crippen LogP contribution in [0.25, 0.3) is 27.8 Å². The predicted octanol–water partition coefficient (Wildman–Crippen LogP) is 3.66. The van der Waals surface area contributed by atoms with Crippen LogP contribution in [0.1, 0.15) is 5.76 Å². The molecule has 0 bridgehead atoms. The summed E-state index contributed by atoms with van der Waals surface area (Å²) in [4.78, 5) is 8.59. The molecule has 0 N–H and O–H groups in total. The van der Waals surface area contributed by atoms with Crippen molar-refractivity contribution in [2.45, 2.75) is 6.92 Å². The van der Waals surface area contributed by atoms with E-state index in [4.69, 9.17) is 14.0 Å². The number of nitrogens with zero attached hydrogens (tertiary/aromatic N) is 5. The monoisotopic (exact) mass is 373 g/mol. The van der Waals surface area contributed by atoms with Gasteiger partial charge in [-0.1, -0.05) is 29.4 Å². The summed E-state index contributed by atoms with van der Waals surface area (Å²) < 4.78 is 18.3. The molecule has 1 aromatic carbocycles. The average Bonchev–Trinajstić information content (AvgIpc) is 3.35. The number of hydrogen-bond donors (Lipinski definition) is 0. The zero-order valence-electron chi connectivity index (χ0n) is 14.9. The van der Waals surface area contributed by atoms with Crippen LogP contribution in [-0.2, 0) is 0 Å². The van der Waals surface area contributed by atoms with E-state index < -0.39 is 0 Å². The minimum atomic E-state index is -0.0212. The van der Waals surface area contributed by atoms with E-state index in [9.17, 15) is 0 Å². The molecule has 4 heterocycles. The highest BCUT2D eigenvalue weighted by Gasteiger charge is 2.16. The number of ether oxygens (including phenoxy) is 2. The quantitative estimate of drug-likeness (QED) is 0.435. The molecule has 0 radical (unpaired) electrons. The van der Waals surface area contributed by atoms with Crippen molar-refractivity contribution in [2.75, 3.05) is 6.79 Å². The Morgan fingerprint density at radius 1 is 1.00 bits per heavy atom. The van der Waals surface area contributed by atoms with Gasteiger partial charge in [0.15, 0.2) is 11.5 Å². The van der Waals surface area contributed by atoms with Gasteiger partial charge in [0.2, 0.25) is 18.6 Å². The molecule has 0 saturated carbocycles. The maximum Gasteiger partial charge on any atom is 0.242 e. The molecule has 0 saturated heterocycles. The average molecular weight is 373 g/mol. The lowest BCUT2D eigenvalue weighted by Crippen LogP contribution is -2.09. The normalized spacial score (nSPS) is 11.2. The lowest BCUT2D eigenvalue weighted by atomic mass is 10.1. The molecule has 0 aliphatic heterocycles. The fourth-order valence-corrected chi connectivity index (χ4v) is 3.00. The molecular formula is C20H15N5O3. The summed E-state index contributed by atoms with van der Waals surface area (Å²) in [5.41, 5.74) is 1.46. The Kier molecular flexibility index (Phi) is 3.86. The highest BCUT2D eigenvalue weighted by molar-refractivity contribution is 5.98. The van der Waals surface area contributed by atoms with Crippen LogP contribution in [0.5, 0.6) is 11.8 Å². The molecule has 0 amide bonds. The summed E-state index contributed by atoms with van der Waals surface area (Å²) in [6.07, 6.45) is 3.43. The van der Waals surface area contributed by atoms with E-state index >= 15 is 0 Å². The van der Waals surface area contributed by atoms with Crippen molar-refractivity contribution in [3.63, 3.8) is 0 Å². The van der Waals surface area contributed by atoms with Gasteiger partial charge in [-0.15, -0.1) is 5.10 Å². The van der Waals surface area contributed by atoms with Gasteiger partial charge in [0.25, 0.3) is 0 Å². The van der Waals surface area contributed by atoms with E-state index in [1.54, 1.807) is 23.0 Å². The van der Waals surface area contributed by atoms with E-state index in [-0.39, 0.29) is 6.79 Å². The molecular weight excluding hydrogens is 358 g/mol. The Hall–Kier alpha value is -3.94. The molecule has 0 spiro atoms. The Morgan fingerprint density at radius 3 is 2.64 bits per heavy atom. The fourth-order valence-electron chi connectivity index (χ4n) is 3.00. The number of aromatic nitrogens is 5. The minimum Gasteiger partial charge on any atom is -0.440 e. The van der Waals surface area contributed by atoms with Gasteiger partial charge in [-0.3, -0.25) is 0 Å². The van der Waals surface area contributed by atoms with Crippen molar-refractivity contribution < 1.29 is 14.0 Å². The zero-order valence-corrected chi connectivity index (χ0v) is 14.9. The molecule has 28 heavy (non-hydrogen) atoms. The molecule has 0 aliphatic carbocycles. The van der Waals surface area contributed by atoms with Crippen molar-refractivity contribution in [1.29, 1.82) is 0 Å². The maximum absolute atomic E-state index is 5.83. The second-order valence-electron chi connectivity index (χ2n) is 6.13. The number of fused-ring (bicyclic) bond motifs is 3. The third kappa shape index (κ3) is 2.81. The van der Waals surface area contributed by atoms with Crippen molar-refractivity contribution in [2.24, 2.45) is 0 Å². The molecule has 138 valence electrons. The van der Waals surface area contributed by atoms with E-state index in [1.807, 2.05) is 49.4 Å². The highest BCUT2D eigenvalue weighted by atomic mass is 16.7. The Labute approximate surface area is 159 Å². The molecule has 0 unspecified atom stereocenters. The first-order chi connectivity index (χ1) is 13.8. The van der Waals surface area contributed by atoms with Crippen LogP contribution in [0, 0.1) is 6.92 Å². The Balaban J connectivity index is 1.56. The van der Waals surface area contributed by atoms with Crippen LogP contribution >= 0.6 is 0 Å². The SMILES string of the molecule is Cc1cc(-c2ncc3c4ccccc4c(OCOc4ccccn4)nn23)no1. The lowest BCUT2D eigenvalue weighted by molar-refractivity contribution is 0.111. The van der Waals surface area contributed by atoms with Gasteiger partial charge in [0.05, 0.1) is 11.7 Å². The number of rotatable bonds is 5. The first kappa shape index (κ1) is 16.2. The molecule has 8 heteroatoms. The summed E-state index contributed by atoms with van der Waals surface area (Å²) in [6, 6.07) is 15.1. The van der Waals surface area contributed by atoms with E-state index in [0.717, 1.165) is 16.3 Å². The maximum atomic E-state index is 5.83. The van der Waals surface area contributed by atoms with Crippen LogP contribution < -0.4 is 9.47 Å². The van der Waals surface area contributed by atoms with Gasteiger partial charge in [-0.05, 0) is 19.1 Å². The van der Waals surface area contributed by atoms with Gasteiger partial charge in [-0.25, -0.2) is 14.5 Å². The van der Waals surface area contributed by atoms with Gasteiger partial charge in [-0.2, -0.15) is 0 Å². The molecule has 5 aromatic rings. The van der Waals surface area contributed by atoms with Gasteiger partial charge in [0.1, 0.15) is 5.76 Å². The number of imidazole rings is 1. The Bertz CT molecular complexity index is 1260. The first-order valence-electron chi connectivity index (χ1n) is 8.66. The third-order valence-corrected chi connectivity index (χ3v) is 4.26. The second kappa shape index (κ2) is 6.66. The molecule has 0 atom stereocenters. The highest BCUT2D eigenvalue weighted by Crippen LogP contribution is 2.29. The van der Waals surface area contributed by atoms with E-state index in [2.05, 4.69) is 20.2 Å². The molecule has 0 aliphatic rings. The topological polar surface area (TPSA) is 87.6 Å². The minimum absolute atomic E-state index is 0.0212. The third-order valence-electron chi connectivity index (χ3n) is 4.26. The number of benzene rings is 1. The largest absolute Gasteiger partial charge is 0.440 e. The first-order valence-corrected chi connectivity index (χ1v) is 8.66. The Morgan fingerprint density at radius 2 is 1.86 bits per heavy atom. The smallest absolute Gasteiger partial charge is 0.242 e. The summed E-state index contributed by atoms with van der Waals surface area (Å²) >= 11 is 0. The van der Waals surface area contributed by atoms with Crippen LogP contribution in [-0.4, -0.2) is 31.5 Å². The van der Waals surface area contributed by atoms with Crippen LogP contribution in [0.2, 0.25) is 0 Å². The summed E-state index contributed by atoms with van der Waals surface area (Å²) in [5, 5.41) is 10.5. The fraction of sp³-hybridized carbons (Fsp3) is 0.100. The summed E-state index contributed by atoms with van der Waals surface area (Å²) in [6.45, 7) is 1.81. The van der Waals surface area contributed by atoms with Crippen LogP contribution in [0.15, 0.2) is 65.4 Å². The van der Waals surface area contributed by atoms with Crippen molar-refractivity contribution >= 4 is 16.3 Å². The lowest BCUT2D eigenvalue weighted by Gasteiger charge is -2.10. The van der Waals surface area contributed by atoms with E-state index in [1.165, 1.54) is 0 Å². The predicted molar refractivity (Wildman–Crippen MR) is 101 cm³/mol. The summed E-state index contributed by atoms with van der Waals surface area (Å²) in [5.74, 6) is 2.19. The molecule has 8 nitrogen and oxygen atoms in total. The van der Waals surface area contributed by atoms with Gasteiger partial charge >= 0.3 is 0 Å². The van der Waals surface area contributed by atoms with Crippen molar-refractivity contribution in [3.05, 3.63) is 66.7 Å². The van der Waals surface area contributed by atoms with Crippen LogP contribution in [0.4, 0.5) is 0 Å².